The van der Waals surface area contributed by atoms with Crippen molar-refractivity contribution in [1.29, 1.82) is 0 Å². The third-order valence-electron chi connectivity index (χ3n) is 0.429. The van der Waals surface area contributed by atoms with Crippen molar-refractivity contribution in [2.45, 2.75) is 6.92 Å². The number of hydrogen-bond acceptors (Lipinski definition) is 3. The average molecular weight is 156 g/mol. The van der Waals surface area contributed by atoms with Crippen LogP contribution >= 0.6 is 17.4 Å². The van der Waals surface area contributed by atoms with Crippen LogP contribution in [0, 0.1) is 0 Å². The first-order valence-corrected chi connectivity index (χ1v) is 3.89. The van der Waals surface area contributed by atoms with Crippen LogP contribution in [0.15, 0.2) is 0 Å². The van der Waals surface area contributed by atoms with Gasteiger partial charge in [-0.2, -0.15) is 0 Å². The molecular weight excluding hydrogens is 148 g/mol. The molecule has 6 heteroatoms. The van der Waals surface area contributed by atoms with E-state index in [2.05, 4.69) is 4.31 Å². The second-order valence-electron chi connectivity index (χ2n) is 1.10. The van der Waals surface area contributed by atoms with Gasteiger partial charge in [0.25, 0.3) is 8.38 Å². The third-order valence-corrected chi connectivity index (χ3v) is 2.05. The van der Waals surface area contributed by atoms with Gasteiger partial charge in [0.1, 0.15) is 0 Å². The Bertz CT molecular complexity index is 87.4. The second-order valence-corrected chi connectivity index (χ2v) is 3.26. The molecule has 4 N–H and O–H groups in total. The summed E-state index contributed by atoms with van der Waals surface area (Å²) in [5, 5.41) is 5.09. The lowest BCUT2D eigenvalue weighted by Crippen LogP contribution is -2.36. The Morgan fingerprint density at radius 1 is 1.88 bits per heavy atom. The van der Waals surface area contributed by atoms with Gasteiger partial charge in [-0.25, -0.2) is 0 Å². The zero-order valence-corrected chi connectivity index (χ0v) is 6.22. The van der Waals surface area contributed by atoms with Crippen molar-refractivity contribution in [2.75, 3.05) is 0 Å². The largest absolute Gasteiger partial charge is 0.352 e. The lowest BCUT2D eigenvalue weighted by Gasteiger charge is -1.99. The maximum absolute atomic E-state index is 8.65. The molecule has 0 heterocycles. The van der Waals surface area contributed by atoms with Crippen molar-refractivity contribution in [3.8, 4) is 0 Å². The Kier molecular flexibility index (Phi) is 4.53. The van der Waals surface area contributed by atoms with E-state index in [1.54, 1.807) is 0 Å². The molecule has 0 aliphatic carbocycles. The predicted molar refractivity (Wildman–Crippen MR) is 33.4 cm³/mol. The van der Waals surface area contributed by atoms with Gasteiger partial charge in [0.05, 0.1) is 0 Å². The van der Waals surface area contributed by atoms with E-state index in [0.717, 1.165) is 0 Å². The van der Waals surface area contributed by atoms with Gasteiger partial charge in [-0.1, -0.05) is 0 Å². The van der Waals surface area contributed by atoms with Crippen LogP contribution in [0.25, 0.3) is 0 Å². The van der Waals surface area contributed by atoms with Crippen molar-refractivity contribution in [2.24, 2.45) is 0 Å². The van der Waals surface area contributed by atoms with E-state index < -0.39 is 17.4 Å². The number of hydrogen-bond donors (Lipinski definition) is 3. The molecule has 0 saturated heterocycles. The molecule has 48 valence electrons. The van der Waals surface area contributed by atoms with Crippen LogP contribution in [0.1, 0.15) is 6.92 Å². The quantitative estimate of drug-likeness (QED) is 0.361. The third kappa shape index (κ3) is 3.42. The summed E-state index contributed by atoms with van der Waals surface area (Å²) in [5.74, 6) is 0. The summed E-state index contributed by atoms with van der Waals surface area (Å²) in [6.07, 6.45) is 0. The van der Waals surface area contributed by atoms with Crippen LogP contribution in [0.3, 0.4) is 0 Å². The van der Waals surface area contributed by atoms with Gasteiger partial charge < -0.3 is 9.79 Å². The van der Waals surface area contributed by atoms with E-state index in [1.807, 2.05) is 0 Å². The molecule has 0 aliphatic heterocycles. The second kappa shape index (κ2) is 4.30. The highest BCUT2D eigenvalue weighted by Gasteiger charge is 2.11. The van der Waals surface area contributed by atoms with E-state index in [1.165, 1.54) is 6.92 Å². The minimum absolute atomic E-state index is 0.307. The van der Waals surface area contributed by atoms with Gasteiger partial charge in [-0.3, -0.25) is 9.72 Å². The molecule has 0 saturated carbocycles. The molecule has 0 fully saturated rings. The highest BCUT2D eigenvalue weighted by atomic mass is 31.2. The molecule has 0 amide bonds. The van der Waals surface area contributed by atoms with E-state index in [4.69, 9.17) is 15.2 Å². The molecule has 2 atom stereocenters. The molecule has 0 aromatic rings. The number of nitrogens with two attached hydrogens (primary N) is 1. The first-order chi connectivity index (χ1) is 3.68. The smallest absolute Gasteiger partial charge is 0.272 e. The lowest BCUT2D eigenvalue weighted by atomic mass is 10.9. The zero-order valence-electron chi connectivity index (χ0n) is 4.33. The van der Waals surface area contributed by atoms with Gasteiger partial charge >= 0.3 is 0 Å². The Balaban J connectivity index is 3.32. The van der Waals surface area contributed by atoms with Crippen molar-refractivity contribution in [1.82, 2.24) is 0 Å². The van der Waals surface area contributed by atoms with E-state index in [-0.39, 0.29) is 0 Å². The molecule has 4 nitrogen and oxygen atoms in total. The van der Waals surface area contributed by atoms with Gasteiger partial charge in [-0.15, -0.1) is 0 Å². The van der Waals surface area contributed by atoms with E-state index >= 15 is 0 Å². The molecule has 8 heavy (non-hydrogen) atoms. The SMILES string of the molecule is CC(=[NH2+])P(O)OPO. The molecule has 0 radical (unpaired) electrons. The van der Waals surface area contributed by atoms with E-state index in [0.29, 0.717) is 5.45 Å². The Morgan fingerprint density at radius 2 is 2.38 bits per heavy atom. The maximum atomic E-state index is 8.65. The summed E-state index contributed by atoms with van der Waals surface area (Å²) >= 11 is 0. The van der Waals surface area contributed by atoms with Gasteiger partial charge in [-0.05, 0) is 0 Å². The van der Waals surface area contributed by atoms with Crippen molar-refractivity contribution >= 4 is 22.9 Å². The maximum Gasteiger partial charge on any atom is 0.272 e. The summed E-state index contributed by atoms with van der Waals surface area (Å²) in [7, 11) is -2.37. The van der Waals surface area contributed by atoms with Gasteiger partial charge in [0.15, 0.2) is 9.03 Å². The highest BCUT2D eigenvalue weighted by Crippen LogP contribution is 2.37. The summed E-state index contributed by atoms with van der Waals surface area (Å²) in [6, 6.07) is 0. The fourth-order valence-corrected chi connectivity index (χ4v) is 0.996. The van der Waals surface area contributed by atoms with Crippen LogP contribution in [0.5, 0.6) is 0 Å². The van der Waals surface area contributed by atoms with Crippen molar-refractivity contribution < 1.29 is 19.5 Å². The summed E-state index contributed by atoms with van der Waals surface area (Å²) in [5.41, 5.74) is 0.307. The summed E-state index contributed by atoms with van der Waals surface area (Å²) in [6.45, 7) is 1.53. The van der Waals surface area contributed by atoms with Crippen LogP contribution in [-0.4, -0.2) is 15.2 Å². The first-order valence-electron chi connectivity index (χ1n) is 1.82. The van der Waals surface area contributed by atoms with Crippen molar-refractivity contribution in [3.05, 3.63) is 0 Å². The molecule has 0 rings (SSSR count). The average Bonchev–Trinajstić information content (AvgIpc) is 1.67. The Hall–Kier alpha value is 0.410. The molecular formula is C2H8NO3P2+. The molecule has 2 unspecified atom stereocenters. The fourth-order valence-electron chi connectivity index (χ4n) is 0.111. The first kappa shape index (κ1) is 8.41. The monoisotopic (exact) mass is 156 g/mol. The van der Waals surface area contributed by atoms with Crippen LogP contribution in [0.2, 0.25) is 0 Å². The molecule has 0 aromatic carbocycles. The Morgan fingerprint density at radius 3 is 2.50 bits per heavy atom. The topological polar surface area (TPSA) is 75.3 Å². The Labute approximate surface area is 50.3 Å². The molecule has 0 aliphatic rings. The highest BCUT2D eigenvalue weighted by molar-refractivity contribution is 7.68. The number of rotatable bonds is 3. The predicted octanol–water partition coefficient (Wildman–Crippen LogP) is -1.01. The molecule has 0 aromatic heterocycles. The normalized spacial score (nSPS) is 14.9. The zero-order chi connectivity index (χ0) is 6.57. The van der Waals surface area contributed by atoms with Gasteiger partial charge in [0.2, 0.25) is 5.45 Å². The minimum Gasteiger partial charge on any atom is -0.352 e. The lowest BCUT2D eigenvalue weighted by molar-refractivity contribution is -0.110. The van der Waals surface area contributed by atoms with E-state index in [9.17, 15) is 0 Å². The van der Waals surface area contributed by atoms with Crippen LogP contribution < -0.4 is 5.41 Å². The fraction of sp³-hybridized carbons (Fsp3) is 0.500. The summed E-state index contributed by atoms with van der Waals surface area (Å²) in [4.78, 5) is 16.7. The van der Waals surface area contributed by atoms with Crippen LogP contribution in [0.4, 0.5) is 0 Å². The molecule has 0 bridgehead atoms. The van der Waals surface area contributed by atoms with Crippen LogP contribution in [-0.2, 0) is 4.31 Å². The minimum atomic E-state index is -1.68. The van der Waals surface area contributed by atoms with Gasteiger partial charge in [0, 0.05) is 6.92 Å². The standard InChI is InChI=1S/C2H7NO3P2/c1-2(3)8(5)6-7-4/h3-5,7H,1H3/p+1. The van der Waals surface area contributed by atoms with Crippen molar-refractivity contribution in [3.63, 3.8) is 0 Å². The molecule has 0 spiro atoms. The summed E-state index contributed by atoms with van der Waals surface area (Å²) < 4.78 is 4.34.